The highest BCUT2D eigenvalue weighted by Crippen LogP contribution is 1.92. The first-order chi connectivity index (χ1) is 4.72. The summed E-state index contributed by atoms with van der Waals surface area (Å²) < 4.78 is 0. The van der Waals surface area contributed by atoms with E-state index in [1.165, 1.54) is 0 Å². The van der Waals surface area contributed by atoms with Crippen LogP contribution in [0.4, 0.5) is 0 Å². The number of allylic oxidation sites excluding steroid dienone is 1. The van der Waals surface area contributed by atoms with Gasteiger partial charge in [-0.3, -0.25) is 4.79 Å². The van der Waals surface area contributed by atoms with E-state index in [2.05, 4.69) is 6.92 Å². The number of amides is 1. The molecule has 0 aromatic heterocycles. The molecule has 58 valence electrons. The molecule has 0 fully saturated rings. The molecule has 1 amide bonds. The molecule has 0 radical (unpaired) electrons. The van der Waals surface area contributed by atoms with Crippen LogP contribution >= 0.6 is 0 Å². The number of hydrogen-bond acceptors (Lipinski definition) is 1. The lowest BCUT2D eigenvalue weighted by molar-refractivity contribution is -0.126. The van der Waals surface area contributed by atoms with Gasteiger partial charge in [-0.2, -0.15) is 0 Å². The topological polar surface area (TPSA) is 20.3 Å². The minimum Gasteiger partial charge on any atom is -0.320 e. The Balaban J connectivity index is 3.85. The van der Waals surface area contributed by atoms with E-state index >= 15 is 0 Å². The molecule has 0 bridgehead atoms. The summed E-state index contributed by atoms with van der Waals surface area (Å²) in [6, 6.07) is 0. The van der Waals surface area contributed by atoms with Gasteiger partial charge in [-0.15, -0.1) is 0 Å². The third kappa shape index (κ3) is 3.28. The van der Waals surface area contributed by atoms with Gasteiger partial charge in [0.15, 0.2) is 0 Å². The molecule has 2 heteroatoms. The fourth-order valence-corrected chi connectivity index (χ4v) is 0.758. The molecule has 0 aliphatic rings. The Morgan fingerprint density at radius 1 is 1.60 bits per heavy atom. The van der Waals surface area contributed by atoms with E-state index < -0.39 is 0 Å². The number of carbonyl (C=O) groups excluding carboxylic acids is 1. The van der Waals surface area contributed by atoms with Crippen molar-refractivity contribution in [2.45, 2.75) is 27.2 Å². The summed E-state index contributed by atoms with van der Waals surface area (Å²) in [5.74, 6) is 0.111. The smallest absolute Gasteiger partial charge is 0.223 e. The fourth-order valence-electron chi connectivity index (χ4n) is 0.758. The van der Waals surface area contributed by atoms with Crippen LogP contribution < -0.4 is 0 Å². The van der Waals surface area contributed by atoms with Crippen LogP contribution in [0, 0.1) is 0 Å². The molecular formula is C8H15NO. The lowest BCUT2D eigenvalue weighted by Gasteiger charge is -2.13. The first-order valence-corrected chi connectivity index (χ1v) is 3.62. The summed E-state index contributed by atoms with van der Waals surface area (Å²) in [4.78, 5) is 12.5. The molecule has 0 aliphatic heterocycles. The lowest BCUT2D eigenvalue weighted by atomic mass is 10.4. The van der Waals surface area contributed by atoms with Crippen LogP contribution in [0.2, 0.25) is 0 Å². The molecule has 0 saturated carbocycles. The largest absolute Gasteiger partial charge is 0.320 e. The van der Waals surface area contributed by atoms with E-state index in [0.29, 0.717) is 0 Å². The summed E-state index contributed by atoms with van der Waals surface area (Å²) in [5, 5.41) is 0. The van der Waals surface area contributed by atoms with E-state index in [9.17, 15) is 4.79 Å². The Labute approximate surface area is 62.5 Å². The molecule has 0 aliphatic carbocycles. The van der Waals surface area contributed by atoms with Gasteiger partial charge in [0.25, 0.3) is 0 Å². The highest BCUT2D eigenvalue weighted by molar-refractivity contribution is 5.74. The molecule has 0 heterocycles. The first kappa shape index (κ1) is 9.21. The van der Waals surface area contributed by atoms with Crippen LogP contribution in [0.5, 0.6) is 0 Å². The minimum absolute atomic E-state index is 0.111. The zero-order valence-corrected chi connectivity index (χ0v) is 6.92. The quantitative estimate of drug-likeness (QED) is 0.586. The van der Waals surface area contributed by atoms with Crippen LogP contribution in [-0.4, -0.2) is 17.4 Å². The van der Waals surface area contributed by atoms with E-state index in [1.54, 1.807) is 11.8 Å². The Hall–Kier alpha value is -0.790. The second-order valence-electron chi connectivity index (χ2n) is 2.19. The molecule has 0 aromatic carbocycles. The van der Waals surface area contributed by atoms with Gasteiger partial charge in [0.05, 0.1) is 0 Å². The van der Waals surface area contributed by atoms with Crippen molar-refractivity contribution in [2.75, 3.05) is 6.54 Å². The van der Waals surface area contributed by atoms with E-state index in [0.717, 1.165) is 13.0 Å². The highest BCUT2D eigenvalue weighted by Gasteiger charge is 2.00. The molecule has 0 aromatic rings. The van der Waals surface area contributed by atoms with Crippen LogP contribution in [0.3, 0.4) is 0 Å². The number of carbonyl (C=O) groups is 1. The second kappa shape index (κ2) is 5.03. The lowest BCUT2D eigenvalue weighted by Crippen LogP contribution is -2.23. The zero-order valence-electron chi connectivity index (χ0n) is 6.92. The summed E-state index contributed by atoms with van der Waals surface area (Å²) >= 11 is 0. The summed E-state index contributed by atoms with van der Waals surface area (Å²) in [7, 11) is 0. The van der Waals surface area contributed by atoms with Crippen LogP contribution in [0.25, 0.3) is 0 Å². The van der Waals surface area contributed by atoms with Crippen molar-refractivity contribution in [3.63, 3.8) is 0 Å². The summed E-state index contributed by atoms with van der Waals surface area (Å²) in [6.07, 6.45) is 4.69. The molecule has 0 atom stereocenters. The SMILES string of the molecule is CC=CN(CCC)C(C)=O. The van der Waals surface area contributed by atoms with Crippen LogP contribution in [-0.2, 0) is 4.79 Å². The Kier molecular flexibility index (Phi) is 4.63. The fraction of sp³-hybridized carbons (Fsp3) is 0.625. The van der Waals surface area contributed by atoms with Gasteiger partial charge in [-0.25, -0.2) is 0 Å². The van der Waals surface area contributed by atoms with Crippen LogP contribution in [0.15, 0.2) is 12.3 Å². The van der Waals surface area contributed by atoms with Crippen molar-refractivity contribution in [1.29, 1.82) is 0 Å². The predicted octanol–water partition coefficient (Wildman–Crippen LogP) is 1.78. The van der Waals surface area contributed by atoms with Gasteiger partial charge in [-0.1, -0.05) is 13.0 Å². The van der Waals surface area contributed by atoms with Gasteiger partial charge >= 0.3 is 0 Å². The zero-order chi connectivity index (χ0) is 7.98. The maximum atomic E-state index is 10.8. The van der Waals surface area contributed by atoms with Crippen molar-refractivity contribution in [1.82, 2.24) is 4.90 Å². The predicted molar refractivity (Wildman–Crippen MR) is 42.5 cm³/mol. The van der Waals surface area contributed by atoms with Gasteiger partial charge < -0.3 is 4.90 Å². The maximum absolute atomic E-state index is 10.8. The summed E-state index contributed by atoms with van der Waals surface area (Å²) in [6.45, 7) is 6.36. The molecule has 0 unspecified atom stereocenters. The molecule has 0 spiro atoms. The van der Waals surface area contributed by atoms with Crippen molar-refractivity contribution in [3.05, 3.63) is 12.3 Å². The molecule has 0 saturated heterocycles. The van der Waals surface area contributed by atoms with Crippen molar-refractivity contribution < 1.29 is 4.79 Å². The van der Waals surface area contributed by atoms with Gasteiger partial charge in [0.2, 0.25) is 5.91 Å². The Morgan fingerprint density at radius 3 is 2.50 bits per heavy atom. The molecular weight excluding hydrogens is 126 g/mol. The van der Waals surface area contributed by atoms with Gasteiger partial charge in [0.1, 0.15) is 0 Å². The number of rotatable bonds is 3. The van der Waals surface area contributed by atoms with Gasteiger partial charge in [-0.05, 0) is 13.3 Å². The Morgan fingerprint density at radius 2 is 2.20 bits per heavy atom. The summed E-state index contributed by atoms with van der Waals surface area (Å²) in [5.41, 5.74) is 0. The molecule has 10 heavy (non-hydrogen) atoms. The standard InChI is InChI=1S/C8H15NO/c1-4-6-9(7-5-2)8(3)10/h4,6H,5,7H2,1-3H3. The average molecular weight is 141 g/mol. The molecule has 0 rings (SSSR count). The van der Waals surface area contributed by atoms with Crippen LogP contribution in [0.1, 0.15) is 27.2 Å². The maximum Gasteiger partial charge on any atom is 0.223 e. The molecule has 0 N–H and O–H groups in total. The number of nitrogens with zero attached hydrogens (tertiary/aromatic N) is 1. The average Bonchev–Trinajstić information content (AvgIpc) is 1.87. The third-order valence-corrected chi connectivity index (χ3v) is 1.20. The number of hydrogen-bond donors (Lipinski definition) is 0. The Bertz CT molecular complexity index is 129. The van der Waals surface area contributed by atoms with Crippen molar-refractivity contribution in [2.24, 2.45) is 0 Å². The third-order valence-electron chi connectivity index (χ3n) is 1.20. The second-order valence-corrected chi connectivity index (χ2v) is 2.19. The highest BCUT2D eigenvalue weighted by atomic mass is 16.2. The normalized spacial score (nSPS) is 10.3. The monoisotopic (exact) mass is 141 g/mol. The van der Waals surface area contributed by atoms with Crippen molar-refractivity contribution in [3.8, 4) is 0 Å². The van der Waals surface area contributed by atoms with Gasteiger partial charge in [0, 0.05) is 19.7 Å². The van der Waals surface area contributed by atoms with E-state index in [-0.39, 0.29) is 5.91 Å². The van der Waals surface area contributed by atoms with E-state index in [1.807, 2.05) is 19.2 Å². The first-order valence-electron chi connectivity index (χ1n) is 3.62. The van der Waals surface area contributed by atoms with Crippen molar-refractivity contribution >= 4 is 5.91 Å². The molecule has 2 nitrogen and oxygen atoms in total. The van der Waals surface area contributed by atoms with E-state index in [4.69, 9.17) is 0 Å². The minimum atomic E-state index is 0.111.